The van der Waals surface area contributed by atoms with Gasteiger partial charge >= 0.3 is 0 Å². The summed E-state index contributed by atoms with van der Waals surface area (Å²) < 4.78 is 27.7. The van der Waals surface area contributed by atoms with Crippen molar-refractivity contribution < 1.29 is 13.2 Å². The van der Waals surface area contributed by atoms with Gasteiger partial charge in [-0.05, 0) is 48.5 Å². The molecule has 0 saturated carbocycles. The van der Waals surface area contributed by atoms with Gasteiger partial charge in [0.1, 0.15) is 0 Å². The fourth-order valence-corrected chi connectivity index (χ4v) is 3.73. The molecule has 0 fully saturated rings. The number of nitrogens with zero attached hydrogens (tertiary/aromatic N) is 1. The van der Waals surface area contributed by atoms with Crippen LogP contribution in [0.25, 0.3) is 0 Å². The van der Waals surface area contributed by atoms with E-state index >= 15 is 0 Å². The number of sulfonamides is 1. The van der Waals surface area contributed by atoms with Gasteiger partial charge in [0, 0.05) is 16.8 Å². The van der Waals surface area contributed by atoms with Gasteiger partial charge in [-0.2, -0.15) is 0 Å². The summed E-state index contributed by atoms with van der Waals surface area (Å²) in [5, 5.41) is 3.19. The maximum Gasteiger partial charge on any atom is 0.261 e. The van der Waals surface area contributed by atoms with E-state index in [1.807, 2.05) is 0 Å². The van der Waals surface area contributed by atoms with Gasteiger partial charge in [0.15, 0.2) is 0 Å². The van der Waals surface area contributed by atoms with Gasteiger partial charge in [0.05, 0.1) is 27.5 Å². The third-order valence-electron chi connectivity index (χ3n) is 3.50. The molecule has 0 aliphatic heterocycles. The Hall–Kier alpha value is -2.61. The SMILES string of the molecule is O=C(Nc1cccnc1)c1cccc(S(=O)(=O)Nc2cc(Cl)ccc2Cl)c1. The van der Waals surface area contributed by atoms with Crippen LogP contribution in [0.2, 0.25) is 10.0 Å². The highest BCUT2D eigenvalue weighted by Gasteiger charge is 2.18. The van der Waals surface area contributed by atoms with E-state index in [1.54, 1.807) is 24.4 Å². The van der Waals surface area contributed by atoms with Crippen molar-refractivity contribution in [2.24, 2.45) is 0 Å². The zero-order valence-electron chi connectivity index (χ0n) is 13.7. The molecule has 3 rings (SSSR count). The lowest BCUT2D eigenvalue weighted by atomic mass is 10.2. The number of hydrogen-bond acceptors (Lipinski definition) is 4. The molecule has 0 bridgehead atoms. The fraction of sp³-hybridized carbons (Fsp3) is 0. The molecular formula is C18H13Cl2N3O3S. The fourth-order valence-electron chi connectivity index (χ4n) is 2.22. The van der Waals surface area contributed by atoms with Crippen molar-refractivity contribution in [3.05, 3.63) is 82.6 Å². The van der Waals surface area contributed by atoms with Crippen LogP contribution in [0.15, 0.2) is 71.9 Å². The number of aromatic nitrogens is 1. The Bertz CT molecular complexity index is 1090. The first-order chi connectivity index (χ1) is 12.8. The van der Waals surface area contributed by atoms with Crippen LogP contribution < -0.4 is 10.0 Å². The van der Waals surface area contributed by atoms with Crippen molar-refractivity contribution in [3.63, 3.8) is 0 Å². The number of carbonyl (C=O) groups excluding carboxylic acids is 1. The second kappa shape index (κ2) is 7.96. The number of carbonyl (C=O) groups is 1. The number of amides is 1. The summed E-state index contributed by atoms with van der Waals surface area (Å²) in [5.74, 6) is -0.458. The number of benzene rings is 2. The molecule has 0 saturated heterocycles. The molecular weight excluding hydrogens is 409 g/mol. The molecule has 0 atom stereocenters. The smallest absolute Gasteiger partial charge is 0.261 e. The molecule has 0 aliphatic rings. The van der Waals surface area contributed by atoms with Gasteiger partial charge in [-0.1, -0.05) is 29.3 Å². The van der Waals surface area contributed by atoms with Crippen molar-refractivity contribution in [2.45, 2.75) is 4.90 Å². The molecule has 1 aromatic heterocycles. The van der Waals surface area contributed by atoms with Crippen LogP contribution in [-0.4, -0.2) is 19.3 Å². The topological polar surface area (TPSA) is 88.2 Å². The number of hydrogen-bond donors (Lipinski definition) is 2. The molecule has 0 spiro atoms. The summed E-state index contributed by atoms with van der Waals surface area (Å²) in [4.78, 5) is 16.2. The predicted octanol–water partition coefficient (Wildman–Crippen LogP) is 4.44. The Balaban J connectivity index is 1.85. The third kappa shape index (κ3) is 4.77. The quantitative estimate of drug-likeness (QED) is 0.636. The van der Waals surface area contributed by atoms with Crippen molar-refractivity contribution in [1.82, 2.24) is 4.98 Å². The van der Waals surface area contributed by atoms with Crippen molar-refractivity contribution in [2.75, 3.05) is 10.0 Å². The lowest BCUT2D eigenvalue weighted by molar-refractivity contribution is 0.102. The number of nitrogens with one attached hydrogen (secondary N) is 2. The monoisotopic (exact) mass is 421 g/mol. The second-order valence-corrected chi connectivity index (χ2v) is 7.98. The molecule has 0 radical (unpaired) electrons. The van der Waals surface area contributed by atoms with Gasteiger partial charge in [0.25, 0.3) is 15.9 Å². The van der Waals surface area contributed by atoms with Gasteiger partial charge in [0.2, 0.25) is 0 Å². The molecule has 1 amide bonds. The van der Waals surface area contributed by atoms with E-state index in [4.69, 9.17) is 23.2 Å². The van der Waals surface area contributed by atoms with E-state index in [0.29, 0.717) is 10.7 Å². The van der Waals surface area contributed by atoms with Crippen LogP contribution in [0.4, 0.5) is 11.4 Å². The van der Waals surface area contributed by atoms with Gasteiger partial charge in [-0.25, -0.2) is 8.42 Å². The lowest BCUT2D eigenvalue weighted by Crippen LogP contribution is -2.16. The second-order valence-electron chi connectivity index (χ2n) is 5.45. The minimum atomic E-state index is -3.97. The summed E-state index contributed by atoms with van der Waals surface area (Å²) >= 11 is 11.9. The van der Waals surface area contributed by atoms with E-state index in [9.17, 15) is 13.2 Å². The Morgan fingerprint density at radius 2 is 1.81 bits per heavy atom. The first kappa shape index (κ1) is 19.2. The Kier molecular flexibility index (Phi) is 5.65. The number of pyridine rings is 1. The minimum absolute atomic E-state index is 0.0858. The maximum absolute atomic E-state index is 12.6. The van der Waals surface area contributed by atoms with Crippen molar-refractivity contribution in [3.8, 4) is 0 Å². The number of halogens is 2. The highest BCUT2D eigenvalue weighted by molar-refractivity contribution is 7.92. The average Bonchev–Trinajstić information content (AvgIpc) is 2.65. The normalized spacial score (nSPS) is 11.0. The molecule has 0 unspecified atom stereocenters. The summed E-state index contributed by atoms with van der Waals surface area (Å²) in [5.41, 5.74) is 0.827. The molecule has 3 aromatic rings. The average molecular weight is 422 g/mol. The highest BCUT2D eigenvalue weighted by Crippen LogP contribution is 2.28. The van der Waals surface area contributed by atoms with Gasteiger partial charge < -0.3 is 5.32 Å². The van der Waals surface area contributed by atoms with Crippen LogP contribution in [-0.2, 0) is 10.0 Å². The van der Waals surface area contributed by atoms with E-state index < -0.39 is 15.9 Å². The standard InChI is InChI=1S/C18H13Cl2N3O3S/c19-13-6-7-16(20)17(10-13)23-27(25,26)15-5-1-3-12(9-15)18(24)22-14-4-2-8-21-11-14/h1-11,23H,(H,22,24). The molecule has 138 valence electrons. The Morgan fingerprint density at radius 3 is 2.56 bits per heavy atom. The van der Waals surface area contributed by atoms with E-state index in [1.165, 1.54) is 42.6 Å². The van der Waals surface area contributed by atoms with Crippen LogP contribution in [0.5, 0.6) is 0 Å². The minimum Gasteiger partial charge on any atom is -0.321 e. The van der Waals surface area contributed by atoms with Crippen molar-refractivity contribution >= 4 is 50.5 Å². The highest BCUT2D eigenvalue weighted by atomic mass is 35.5. The van der Waals surface area contributed by atoms with E-state index in [-0.39, 0.29) is 21.2 Å². The predicted molar refractivity (Wildman–Crippen MR) is 106 cm³/mol. The largest absolute Gasteiger partial charge is 0.321 e. The third-order valence-corrected chi connectivity index (χ3v) is 5.43. The zero-order chi connectivity index (χ0) is 19.4. The first-order valence-corrected chi connectivity index (χ1v) is 9.88. The van der Waals surface area contributed by atoms with E-state index in [0.717, 1.165) is 0 Å². The van der Waals surface area contributed by atoms with Gasteiger partial charge in [-0.15, -0.1) is 0 Å². The van der Waals surface area contributed by atoms with Crippen LogP contribution in [0.3, 0.4) is 0 Å². The van der Waals surface area contributed by atoms with E-state index in [2.05, 4.69) is 15.0 Å². The summed E-state index contributed by atoms with van der Waals surface area (Å²) in [6.45, 7) is 0. The van der Waals surface area contributed by atoms with Crippen LogP contribution >= 0.6 is 23.2 Å². The summed E-state index contributed by atoms with van der Waals surface area (Å²) in [7, 11) is -3.97. The molecule has 27 heavy (non-hydrogen) atoms. The molecule has 0 aliphatic carbocycles. The van der Waals surface area contributed by atoms with Crippen LogP contribution in [0.1, 0.15) is 10.4 Å². The molecule has 9 heteroatoms. The lowest BCUT2D eigenvalue weighted by Gasteiger charge is -2.11. The maximum atomic E-state index is 12.6. The Labute approximate surface area is 166 Å². The molecule has 1 heterocycles. The molecule has 6 nitrogen and oxygen atoms in total. The molecule has 2 N–H and O–H groups in total. The zero-order valence-corrected chi connectivity index (χ0v) is 16.0. The Morgan fingerprint density at radius 1 is 1.00 bits per heavy atom. The summed E-state index contributed by atoms with van der Waals surface area (Å²) in [6, 6.07) is 13.4. The van der Waals surface area contributed by atoms with Crippen LogP contribution in [0, 0.1) is 0 Å². The summed E-state index contributed by atoms with van der Waals surface area (Å²) in [6.07, 6.45) is 3.07. The number of rotatable bonds is 5. The molecule has 2 aromatic carbocycles. The first-order valence-electron chi connectivity index (χ1n) is 7.64. The van der Waals surface area contributed by atoms with Gasteiger partial charge in [-0.3, -0.25) is 14.5 Å². The number of anilines is 2. The van der Waals surface area contributed by atoms with Crippen molar-refractivity contribution in [1.29, 1.82) is 0 Å².